The maximum Gasteiger partial charge on any atom is 0.308 e. The lowest BCUT2D eigenvalue weighted by molar-refractivity contribution is 0.392. The van der Waals surface area contributed by atoms with Gasteiger partial charge in [-0.15, -0.1) is 3.89 Å². The third kappa shape index (κ3) is 2.67. The molecule has 0 saturated heterocycles. The summed E-state index contributed by atoms with van der Waals surface area (Å²) in [6.07, 6.45) is 0. The fourth-order valence-electron chi connectivity index (χ4n) is 0.663. The summed E-state index contributed by atoms with van der Waals surface area (Å²) in [5.74, 6) is -0.256. The number of hydrogen-bond acceptors (Lipinski definition) is 4. The molecule has 1 rings (SSSR count). The summed E-state index contributed by atoms with van der Waals surface area (Å²) in [4.78, 5) is 0. The lowest BCUT2D eigenvalue weighted by Gasteiger charge is -1.84. The molecule has 1 heterocycles. The molecule has 1 aromatic rings. The zero-order valence-electron chi connectivity index (χ0n) is 5.74. The van der Waals surface area contributed by atoms with Crippen LogP contribution >= 0.6 is 0 Å². The quantitative estimate of drug-likeness (QED) is 0.629. The van der Waals surface area contributed by atoms with Gasteiger partial charge >= 0.3 is 10.2 Å². The molecule has 4 nitrogen and oxygen atoms in total. The zero-order valence-corrected chi connectivity index (χ0v) is 6.56. The Balaban J connectivity index is 2.81. The molecule has 0 radical (unpaired) electrons. The van der Waals surface area contributed by atoms with Crippen molar-refractivity contribution >= 4 is 10.2 Å². The van der Waals surface area contributed by atoms with E-state index in [2.05, 4.69) is 9.68 Å². The first-order chi connectivity index (χ1) is 4.97. The summed E-state index contributed by atoms with van der Waals surface area (Å²) in [6.45, 7) is 1.60. The predicted octanol–water partition coefficient (Wildman–Crippen LogP) is 0.782. The van der Waals surface area contributed by atoms with Crippen LogP contribution < -0.4 is 0 Å². The first-order valence-corrected chi connectivity index (χ1v) is 4.37. The molecular weight excluding hydrogens is 173 g/mol. The van der Waals surface area contributed by atoms with E-state index in [4.69, 9.17) is 0 Å². The Hall–Kier alpha value is -0.910. The van der Waals surface area contributed by atoms with Crippen LogP contribution in [0.5, 0.6) is 0 Å². The van der Waals surface area contributed by atoms with Crippen molar-refractivity contribution in [1.29, 1.82) is 0 Å². The van der Waals surface area contributed by atoms with Crippen molar-refractivity contribution in [2.45, 2.75) is 12.7 Å². The summed E-state index contributed by atoms with van der Waals surface area (Å²) < 4.78 is 36.6. The van der Waals surface area contributed by atoms with Gasteiger partial charge in [-0.3, -0.25) is 0 Å². The fourth-order valence-corrected chi connectivity index (χ4v) is 1.15. The van der Waals surface area contributed by atoms with Crippen molar-refractivity contribution in [2.75, 3.05) is 0 Å². The second-order valence-corrected chi connectivity index (χ2v) is 3.48. The highest BCUT2D eigenvalue weighted by atomic mass is 32.3. The Bertz CT molecular complexity index is 342. The van der Waals surface area contributed by atoms with Crippen LogP contribution in [0.3, 0.4) is 0 Å². The van der Waals surface area contributed by atoms with Crippen LogP contribution in [0.1, 0.15) is 11.5 Å². The lowest BCUT2D eigenvalue weighted by Crippen LogP contribution is -1.95. The maximum absolute atomic E-state index is 12.0. The third-order valence-corrected chi connectivity index (χ3v) is 1.64. The molecule has 0 bridgehead atoms. The Labute approximate surface area is 63.2 Å². The van der Waals surface area contributed by atoms with E-state index in [1.54, 1.807) is 6.92 Å². The Kier molecular flexibility index (Phi) is 1.95. The van der Waals surface area contributed by atoms with Crippen molar-refractivity contribution in [3.05, 3.63) is 17.5 Å². The van der Waals surface area contributed by atoms with Gasteiger partial charge < -0.3 is 4.52 Å². The standard InChI is InChI=1S/C5H6FNO3S/c1-4-2-5(7-10-4)3-11(6,8)9/h2H,3H2,1H3. The molecule has 0 aliphatic rings. The SMILES string of the molecule is Cc1cc(CS(=O)(=O)F)no1. The summed E-state index contributed by atoms with van der Waals surface area (Å²) >= 11 is 0. The molecule has 62 valence electrons. The number of hydrogen-bond donors (Lipinski definition) is 0. The van der Waals surface area contributed by atoms with Gasteiger partial charge in [0.1, 0.15) is 17.2 Å². The average molecular weight is 179 g/mol. The predicted molar refractivity (Wildman–Crippen MR) is 35.0 cm³/mol. The van der Waals surface area contributed by atoms with Crippen LogP contribution in [-0.4, -0.2) is 13.6 Å². The second kappa shape index (κ2) is 2.61. The third-order valence-electron chi connectivity index (χ3n) is 0.997. The van der Waals surface area contributed by atoms with Crippen LogP contribution in [0.2, 0.25) is 0 Å². The number of halogens is 1. The Morgan fingerprint density at radius 1 is 1.73 bits per heavy atom. The van der Waals surface area contributed by atoms with E-state index >= 15 is 0 Å². The van der Waals surface area contributed by atoms with Crippen LogP contribution in [0.4, 0.5) is 3.89 Å². The van der Waals surface area contributed by atoms with Crippen LogP contribution in [0.15, 0.2) is 10.6 Å². The Morgan fingerprint density at radius 3 is 2.73 bits per heavy atom. The molecule has 11 heavy (non-hydrogen) atoms. The largest absolute Gasteiger partial charge is 0.361 e. The van der Waals surface area contributed by atoms with Gasteiger partial charge in [0.25, 0.3) is 0 Å². The number of rotatable bonds is 2. The lowest BCUT2D eigenvalue weighted by atomic mass is 10.4. The minimum atomic E-state index is -4.49. The molecule has 0 atom stereocenters. The first-order valence-electron chi connectivity index (χ1n) is 2.82. The molecular formula is C5H6FNO3S. The summed E-state index contributed by atoms with van der Waals surface area (Å²) in [5, 5.41) is 3.31. The molecule has 1 aromatic heterocycles. The summed E-state index contributed by atoms with van der Waals surface area (Å²) in [5.41, 5.74) is 0.0880. The van der Waals surface area contributed by atoms with Gasteiger partial charge in [-0.25, -0.2) is 0 Å². The normalized spacial score (nSPS) is 11.8. The van der Waals surface area contributed by atoms with E-state index in [1.165, 1.54) is 6.07 Å². The molecule has 0 spiro atoms. The van der Waals surface area contributed by atoms with Gasteiger partial charge in [0.15, 0.2) is 0 Å². The van der Waals surface area contributed by atoms with E-state index in [0.717, 1.165) is 0 Å². The number of aromatic nitrogens is 1. The van der Waals surface area contributed by atoms with Gasteiger partial charge in [0.2, 0.25) is 0 Å². The van der Waals surface area contributed by atoms with Gasteiger partial charge in [-0.2, -0.15) is 8.42 Å². The summed E-state index contributed by atoms with van der Waals surface area (Å²) in [6, 6.07) is 1.37. The van der Waals surface area contributed by atoms with Crippen molar-refractivity contribution in [2.24, 2.45) is 0 Å². The van der Waals surface area contributed by atoms with Crippen LogP contribution in [-0.2, 0) is 16.0 Å². The minimum absolute atomic E-state index is 0.0880. The molecule has 0 unspecified atom stereocenters. The highest BCUT2D eigenvalue weighted by molar-refractivity contribution is 7.85. The van der Waals surface area contributed by atoms with Crippen molar-refractivity contribution in [1.82, 2.24) is 5.16 Å². The molecule has 0 amide bonds. The molecule has 0 fully saturated rings. The van der Waals surface area contributed by atoms with Gasteiger partial charge in [0, 0.05) is 6.07 Å². The first kappa shape index (κ1) is 8.19. The maximum atomic E-state index is 12.0. The summed E-state index contributed by atoms with van der Waals surface area (Å²) in [7, 11) is -4.49. The van der Waals surface area contributed by atoms with Crippen LogP contribution in [0, 0.1) is 6.92 Å². The monoisotopic (exact) mass is 179 g/mol. The topological polar surface area (TPSA) is 60.2 Å². The highest BCUT2D eigenvalue weighted by Gasteiger charge is 2.11. The van der Waals surface area contributed by atoms with Gasteiger partial charge in [-0.1, -0.05) is 5.16 Å². The molecule has 6 heteroatoms. The van der Waals surface area contributed by atoms with Crippen molar-refractivity contribution in [3.63, 3.8) is 0 Å². The Morgan fingerprint density at radius 2 is 2.36 bits per heavy atom. The van der Waals surface area contributed by atoms with Crippen molar-refractivity contribution < 1.29 is 16.8 Å². The second-order valence-electron chi connectivity index (χ2n) is 2.11. The zero-order chi connectivity index (χ0) is 8.48. The molecule has 0 aromatic carbocycles. The van der Waals surface area contributed by atoms with Gasteiger partial charge in [0.05, 0.1) is 0 Å². The fraction of sp³-hybridized carbons (Fsp3) is 0.400. The van der Waals surface area contributed by atoms with E-state index in [-0.39, 0.29) is 5.69 Å². The average Bonchev–Trinajstić information content (AvgIpc) is 2.10. The molecule has 0 saturated carbocycles. The van der Waals surface area contributed by atoms with E-state index < -0.39 is 16.0 Å². The molecule has 0 N–H and O–H groups in total. The molecule has 0 aliphatic carbocycles. The van der Waals surface area contributed by atoms with E-state index in [1.807, 2.05) is 0 Å². The van der Waals surface area contributed by atoms with E-state index in [9.17, 15) is 12.3 Å². The smallest absolute Gasteiger partial charge is 0.308 e. The minimum Gasteiger partial charge on any atom is -0.361 e. The number of nitrogens with zero attached hydrogens (tertiary/aromatic N) is 1. The van der Waals surface area contributed by atoms with Crippen LogP contribution in [0.25, 0.3) is 0 Å². The van der Waals surface area contributed by atoms with Gasteiger partial charge in [-0.05, 0) is 6.92 Å². The number of aryl methyl sites for hydroxylation is 1. The van der Waals surface area contributed by atoms with Crippen molar-refractivity contribution in [3.8, 4) is 0 Å². The highest BCUT2D eigenvalue weighted by Crippen LogP contribution is 2.07. The molecule has 0 aliphatic heterocycles. The van der Waals surface area contributed by atoms with E-state index in [0.29, 0.717) is 5.76 Å².